The number of nitrogens with two attached hydrogens (primary N) is 1. The van der Waals surface area contributed by atoms with Gasteiger partial charge in [0.05, 0.1) is 0 Å². The average molecular weight is 138 g/mol. The summed E-state index contributed by atoms with van der Waals surface area (Å²) in [6, 6.07) is 0. The molecule has 1 aromatic rings. The van der Waals surface area contributed by atoms with Gasteiger partial charge in [-0.1, -0.05) is 0 Å². The maximum atomic E-state index is 5.57. The number of aromatic amines is 1. The molecule has 0 aliphatic heterocycles. The van der Waals surface area contributed by atoms with Crippen LogP contribution in [-0.2, 0) is 5.41 Å². The molecule has 3 N–H and O–H groups in total. The van der Waals surface area contributed by atoms with E-state index in [1.165, 1.54) is 6.33 Å². The van der Waals surface area contributed by atoms with Crippen LogP contribution in [0.5, 0.6) is 0 Å². The summed E-state index contributed by atoms with van der Waals surface area (Å²) in [6.45, 7) is 0.683. The minimum atomic E-state index is 0.163. The highest BCUT2D eigenvalue weighted by Gasteiger charge is 2.45. The molecule has 0 atom stereocenters. The van der Waals surface area contributed by atoms with Gasteiger partial charge in [-0.25, -0.2) is 4.98 Å². The first-order chi connectivity index (χ1) is 4.87. The van der Waals surface area contributed by atoms with Crippen molar-refractivity contribution in [3.63, 3.8) is 0 Å². The number of nitrogens with zero attached hydrogens (tertiary/aromatic N) is 2. The van der Waals surface area contributed by atoms with E-state index in [1.807, 2.05) is 0 Å². The van der Waals surface area contributed by atoms with E-state index >= 15 is 0 Å². The Bertz CT molecular complexity index is 212. The van der Waals surface area contributed by atoms with Crippen molar-refractivity contribution in [3.8, 4) is 0 Å². The minimum Gasteiger partial charge on any atom is -0.329 e. The van der Waals surface area contributed by atoms with Crippen molar-refractivity contribution in [3.05, 3.63) is 12.2 Å². The predicted octanol–water partition coefficient (Wildman–Crippen LogP) is -0.205. The van der Waals surface area contributed by atoms with E-state index in [0.717, 1.165) is 18.7 Å². The van der Waals surface area contributed by atoms with Gasteiger partial charge >= 0.3 is 0 Å². The van der Waals surface area contributed by atoms with Crippen LogP contribution in [-0.4, -0.2) is 21.7 Å². The average Bonchev–Trinajstić information content (AvgIpc) is 2.58. The van der Waals surface area contributed by atoms with Crippen LogP contribution in [0.4, 0.5) is 0 Å². The zero-order valence-electron chi connectivity index (χ0n) is 5.67. The van der Waals surface area contributed by atoms with Crippen molar-refractivity contribution >= 4 is 0 Å². The fraction of sp³-hybridized carbons (Fsp3) is 0.667. The number of rotatable bonds is 2. The van der Waals surface area contributed by atoms with Crippen LogP contribution in [0.25, 0.3) is 0 Å². The van der Waals surface area contributed by atoms with Crippen molar-refractivity contribution in [2.24, 2.45) is 5.73 Å². The molecule has 1 heterocycles. The molecule has 4 heteroatoms. The van der Waals surface area contributed by atoms with Gasteiger partial charge in [0.15, 0.2) is 0 Å². The lowest BCUT2D eigenvalue weighted by atomic mass is 10.1. The molecule has 1 aromatic heterocycles. The van der Waals surface area contributed by atoms with Crippen molar-refractivity contribution < 1.29 is 0 Å². The quantitative estimate of drug-likeness (QED) is 0.594. The number of hydrogen-bond donors (Lipinski definition) is 2. The number of H-pyrrole nitrogens is 1. The van der Waals surface area contributed by atoms with E-state index in [-0.39, 0.29) is 5.41 Å². The Balaban J connectivity index is 2.27. The van der Waals surface area contributed by atoms with Crippen molar-refractivity contribution in [2.75, 3.05) is 6.54 Å². The highest BCUT2D eigenvalue weighted by Crippen LogP contribution is 2.45. The van der Waals surface area contributed by atoms with Crippen molar-refractivity contribution in [1.82, 2.24) is 15.2 Å². The van der Waals surface area contributed by atoms with Gasteiger partial charge in [-0.3, -0.25) is 5.10 Å². The zero-order valence-corrected chi connectivity index (χ0v) is 5.67. The normalized spacial score (nSPS) is 20.9. The summed E-state index contributed by atoms with van der Waals surface area (Å²) in [7, 11) is 0. The third-order valence-corrected chi connectivity index (χ3v) is 2.16. The lowest BCUT2D eigenvalue weighted by molar-refractivity contribution is 0.652. The monoisotopic (exact) mass is 138 g/mol. The molecule has 1 saturated carbocycles. The largest absolute Gasteiger partial charge is 0.329 e. The Hall–Kier alpha value is -0.900. The first kappa shape index (κ1) is 5.85. The number of hydrogen-bond acceptors (Lipinski definition) is 3. The Labute approximate surface area is 58.8 Å². The van der Waals surface area contributed by atoms with E-state index in [0.29, 0.717) is 6.54 Å². The molecule has 54 valence electrons. The van der Waals surface area contributed by atoms with E-state index in [1.54, 1.807) is 0 Å². The molecular weight excluding hydrogens is 128 g/mol. The lowest BCUT2D eigenvalue weighted by Crippen LogP contribution is -2.21. The molecule has 0 unspecified atom stereocenters. The summed E-state index contributed by atoms with van der Waals surface area (Å²) in [5.41, 5.74) is 5.74. The summed E-state index contributed by atoms with van der Waals surface area (Å²) in [5.74, 6) is 0.954. The maximum absolute atomic E-state index is 5.57. The van der Waals surface area contributed by atoms with Crippen LogP contribution in [0.2, 0.25) is 0 Å². The lowest BCUT2D eigenvalue weighted by Gasteiger charge is -2.05. The number of nitrogens with one attached hydrogen (secondary N) is 1. The number of aromatic nitrogens is 3. The van der Waals surface area contributed by atoms with Crippen LogP contribution in [0, 0.1) is 0 Å². The molecule has 2 rings (SSSR count). The second kappa shape index (κ2) is 1.79. The van der Waals surface area contributed by atoms with Gasteiger partial charge in [0, 0.05) is 12.0 Å². The molecule has 1 aliphatic carbocycles. The van der Waals surface area contributed by atoms with Crippen molar-refractivity contribution in [2.45, 2.75) is 18.3 Å². The highest BCUT2D eigenvalue weighted by atomic mass is 15.2. The Kier molecular flexibility index (Phi) is 1.05. The second-order valence-electron chi connectivity index (χ2n) is 2.82. The fourth-order valence-corrected chi connectivity index (χ4v) is 1.15. The van der Waals surface area contributed by atoms with Gasteiger partial charge in [0.25, 0.3) is 0 Å². The molecule has 0 spiro atoms. The first-order valence-corrected chi connectivity index (χ1v) is 3.43. The zero-order chi connectivity index (χ0) is 7.03. The topological polar surface area (TPSA) is 67.6 Å². The van der Waals surface area contributed by atoms with Gasteiger partial charge in [-0.15, -0.1) is 0 Å². The molecule has 10 heavy (non-hydrogen) atoms. The molecule has 0 aromatic carbocycles. The van der Waals surface area contributed by atoms with Gasteiger partial charge in [-0.05, 0) is 12.8 Å². The Morgan fingerprint density at radius 1 is 1.70 bits per heavy atom. The molecule has 4 nitrogen and oxygen atoms in total. The molecule has 0 saturated heterocycles. The second-order valence-corrected chi connectivity index (χ2v) is 2.82. The van der Waals surface area contributed by atoms with Gasteiger partial charge in [0.2, 0.25) is 0 Å². The summed E-state index contributed by atoms with van der Waals surface area (Å²) in [4.78, 5) is 4.07. The minimum absolute atomic E-state index is 0.163. The summed E-state index contributed by atoms with van der Waals surface area (Å²) >= 11 is 0. The van der Waals surface area contributed by atoms with E-state index in [2.05, 4.69) is 15.2 Å². The molecule has 1 aliphatic rings. The Morgan fingerprint density at radius 3 is 2.90 bits per heavy atom. The van der Waals surface area contributed by atoms with E-state index < -0.39 is 0 Å². The maximum Gasteiger partial charge on any atom is 0.137 e. The predicted molar refractivity (Wildman–Crippen MR) is 36.3 cm³/mol. The SMILES string of the molecule is NCC1(c2ncn[nH]2)CC1. The standard InChI is InChI=1S/C6H10N4/c7-3-6(1-2-6)5-8-4-9-10-5/h4H,1-3,7H2,(H,8,9,10). The van der Waals surface area contributed by atoms with Gasteiger partial charge in [0.1, 0.15) is 12.2 Å². The van der Waals surface area contributed by atoms with Gasteiger partial charge < -0.3 is 5.73 Å². The van der Waals surface area contributed by atoms with Crippen LogP contribution in [0.1, 0.15) is 18.7 Å². The van der Waals surface area contributed by atoms with Gasteiger partial charge in [-0.2, -0.15) is 5.10 Å². The fourth-order valence-electron chi connectivity index (χ4n) is 1.15. The first-order valence-electron chi connectivity index (χ1n) is 3.43. The molecule has 0 bridgehead atoms. The van der Waals surface area contributed by atoms with Crippen LogP contribution < -0.4 is 5.73 Å². The van der Waals surface area contributed by atoms with Crippen LogP contribution >= 0.6 is 0 Å². The molecule has 0 radical (unpaired) electrons. The van der Waals surface area contributed by atoms with Crippen LogP contribution in [0.15, 0.2) is 6.33 Å². The summed E-state index contributed by atoms with van der Waals surface area (Å²) in [6.07, 6.45) is 3.84. The van der Waals surface area contributed by atoms with E-state index in [4.69, 9.17) is 5.73 Å². The molecule has 0 amide bonds. The van der Waals surface area contributed by atoms with E-state index in [9.17, 15) is 0 Å². The summed E-state index contributed by atoms with van der Waals surface area (Å²) in [5, 5.41) is 6.63. The third kappa shape index (κ3) is 0.654. The molecular formula is C6H10N4. The Morgan fingerprint density at radius 2 is 2.50 bits per heavy atom. The smallest absolute Gasteiger partial charge is 0.137 e. The third-order valence-electron chi connectivity index (χ3n) is 2.16. The summed E-state index contributed by atoms with van der Waals surface area (Å²) < 4.78 is 0. The molecule has 1 fully saturated rings. The highest BCUT2D eigenvalue weighted by molar-refractivity contribution is 5.16. The van der Waals surface area contributed by atoms with Crippen molar-refractivity contribution in [1.29, 1.82) is 0 Å². The van der Waals surface area contributed by atoms with Crippen LogP contribution in [0.3, 0.4) is 0 Å².